The quantitative estimate of drug-likeness (QED) is 0.800. The molecule has 0 unspecified atom stereocenters. The van der Waals surface area contributed by atoms with E-state index in [1.165, 1.54) is 39.2 Å². The molecule has 2 rings (SSSR count). The summed E-state index contributed by atoms with van der Waals surface area (Å²) < 4.78 is 30.1. The van der Waals surface area contributed by atoms with E-state index in [0.29, 0.717) is 11.8 Å². The van der Waals surface area contributed by atoms with Crippen LogP contribution >= 0.6 is 0 Å². The molecule has 0 saturated heterocycles. The van der Waals surface area contributed by atoms with Crippen molar-refractivity contribution in [3.8, 4) is 0 Å². The largest absolute Gasteiger partial charge is 0.384 e. The van der Waals surface area contributed by atoms with Gasteiger partial charge in [-0.3, -0.25) is 9.52 Å². The predicted molar refractivity (Wildman–Crippen MR) is 72.0 cm³/mol. The van der Waals surface area contributed by atoms with Gasteiger partial charge in [0.2, 0.25) is 15.9 Å². The zero-order valence-corrected chi connectivity index (χ0v) is 12.2. The van der Waals surface area contributed by atoms with Gasteiger partial charge in [-0.15, -0.1) is 0 Å². The van der Waals surface area contributed by atoms with E-state index >= 15 is 0 Å². The molecule has 1 amide bonds. The molecular formula is C13H23NO4S. The number of hydrogen-bond donors (Lipinski definition) is 1. The Balaban J connectivity index is 1.79. The van der Waals surface area contributed by atoms with Gasteiger partial charge in [-0.25, -0.2) is 8.42 Å². The molecule has 0 heterocycles. The molecule has 5 nitrogen and oxygen atoms in total. The van der Waals surface area contributed by atoms with Crippen LogP contribution in [-0.4, -0.2) is 33.8 Å². The van der Waals surface area contributed by atoms with Gasteiger partial charge in [0.05, 0.1) is 12.4 Å². The highest BCUT2D eigenvalue weighted by atomic mass is 32.2. The zero-order valence-electron chi connectivity index (χ0n) is 11.4. The minimum atomic E-state index is -3.53. The van der Waals surface area contributed by atoms with Gasteiger partial charge in [0.1, 0.15) is 0 Å². The van der Waals surface area contributed by atoms with Crippen molar-refractivity contribution >= 4 is 15.9 Å². The van der Waals surface area contributed by atoms with E-state index in [9.17, 15) is 13.2 Å². The zero-order chi connectivity index (χ0) is 13.9. The summed E-state index contributed by atoms with van der Waals surface area (Å²) in [7, 11) is -2.08. The minimum absolute atomic E-state index is 0.0829. The molecule has 2 saturated carbocycles. The van der Waals surface area contributed by atoms with Gasteiger partial charge in [0, 0.05) is 13.0 Å². The fraction of sp³-hybridized carbons (Fsp3) is 0.923. The van der Waals surface area contributed by atoms with Crippen LogP contribution in [0.4, 0.5) is 0 Å². The van der Waals surface area contributed by atoms with E-state index in [-0.39, 0.29) is 24.2 Å². The lowest BCUT2D eigenvalue weighted by molar-refractivity contribution is -0.121. The lowest BCUT2D eigenvalue weighted by Crippen LogP contribution is -2.35. The number of sulfonamides is 1. The fourth-order valence-corrected chi connectivity index (χ4v) is 4.02. The Kier molecular flexibility index (Phi) is 4.84. The molecule has 0 aromatic rings. The average Bonchev–Trinajstić information content (AvgIpc) is 3.17. The summed E-state index contributed by atoms with van der Waals surface area (Å²) >= 11 is 0. The third-order valence-corrected chi connectivity index (χ3v) is 5.46. The monoisotopic (exact) mass is 289 g/mol. The molecule has 0 aliphatic heterocycles. The molecule has 0 bridgehead atoms. The second-order valence-electron chi connectivity index (χ2n) is 5.68. The maximum Gasteiger partial charge on any atom is 0.237 e. The molecular weight excluding hydrogens is 266 g/mol. The van der Waals surface area contributed by atoms with Crippen LogP contribution in [-0.2, 0) is 19.6 Å². The predicted octanol–water partition coefficient (Wildman–Crippen LogP) is 1.30. The topological polar surface area (TPSA) is 72.5 Å². The molecule has 110 valence electrons. The van der Waals surface area contributed by atoms with Crippen molar-refractivity contribution in [2.24, 2.45) is 17.8 Å². The first-order valence-electron chi connectivity index (χ1n) is 7.07. The highest BCUT2D eigenvalue weighted by Crippen LogP contribution is 2.49. The maximum atomic E-state index is 11.9. The molecule has 0 aromatic carbocycles. The molecule has 0 aromatic heterocycles. The summed E-state index contributed by atoms with van der Waals surface area (Å²) in [6, 6.07) is 0. The van der Waals surface area contributed by atoms with Gasteiger partial charge in [-0.2, -0.15) is 0 Å². The lowest BCUT2D eigenvalue weighted by atomic mass is 9.85. The van der Waals surface area contributed by atoms with E-state index in [1.54, 1.807) is 0 Å². The first-order valence-corrected chi connectivity index (χ1v) is 8.72. The number of methoxy groups -OCH3 is 1. The Hall–Kier alpha value is -0.620. The van der Waals surface area contributed by atoms with Crippen molar-refractivity contribution in [1.82, 2.24) is 4.72 Å². The van der Waals surface area contributed by atoms with E-state index in [1.807, 2.05) is 0 Å². The number of carbonyl (C=O) groups is 1. The highest BCUT2D eigenvalue weighted by Gasteiger charge is 2.48. The van der Waals surface area contributed by atoms with Gasteiger partial charge in [-0.05, 0) is 18.3 Å². The Morgan fingerprint density at radius 1 is 1.26 bits per heavy atom. The molecule has 2 aliphatic carbocycles. The molecule has 19 heavy (non-hydrogen) atoms. The van der Waals surface area contributed by atoms with E-state index < -0.39 is 10.0 Å². The van der Waals surface area contributed by atoms with Crippen LogP contribution in [0.1, 0.15) is 38.5 Å². The average molecular weight is 289 g/mol. The van der Waals surface area contributed by atoms with Gasteiger partial charge >= 0.3 is 0 Å². The van der Waals surface area contributed by atoms with E-state index in [4.69, 9.17) is 4.74 Å². The number of ether oxygens (including phenoxy) is 1. The lowest BCUT2D eigenvalue weighted by Gasteiger charge is -2.21. The number of amides is 1. The van der Waals surface area contributed by atoms with Crippen molar-refractivity contribution in [3.63, 3.8) is 0 Å². The van der Waals surface area contributed by atoms with Gasteiger partial charge in [-0.1, -0.05) is 32.1 Å². The van der Waals surface area contributed by atoms with Crippen molar-refractivity contribution in [1.29, 1.82) is 0 Å². The second kappa shape index (κ2) is 6.22. The molecule has 2 atom stereocenters. The Bertz CT molecular complexity index is 414. The van der Waals surface area contributed by atoms with Crippen LogP contribution < -0.4 is 4.72 Å². The summed E-state index contributed by atoms with van der Waals surface area (Å²) in [6.45, 7) is 0.110. The number of nitrogens with one attached hydrogen (secondary N) is 1. The first kappa shape index (κ1) is 14.8. The molecule has 2 fully saturated rings. The Morgan fingerprint density at radius 2 is 1.95 bits per heavy atom. The third-order valence-electron chi connectivity index (χ3n) is 4.24. The SMILES string of the molecule is COCCS(=O)(=O)NC(=O)[C@@H]1C[C@H]1C1CCCCC1. The first-order chi connectivity index (χ1) is 9.03. The van der Waals surface area contributed by atoms with Crippen molar-refractivity contribution in [2.45, 2.75) is 38.5 Å². The smallest absolute Gasteiger partial charge is 0.237 e. The normalized spacial score (nSPS) is 28.1. The van der Waals surface area contributed by atoms with Gasteiger partial charge < -0.3 is 4.74 Å². The van der Waals surface area contributed by atoms with Crippen LogP contribution in [0.25, 0.3) is 0 Å². The fourth-order valence-electron chi connectivity index (χ4n) is 3.07. The van der Waals surface area contributed by atoms with Gasteiger partial charge in [0.15, 0.2) is 0 Å². The van der Waals surface area contributed by atoms with Crippen LogP contribution in [0.15, 0.2) is 0 Å². The van der Waals surface area contributed by atoms with Crippen LogP contribution in [0.2, 0.25) is 0 Å². The summed E-state index contributed by atoms with van der Waals surface area (Å²) in [5.41, 5.74) is 0. The highest BCUT2D eigenvalue weighted by molar-refractivity contribution is 7.90. The van der Waals surface area contributed by atoms with E-state index in [2.05, 4.69) is 4.72 Å². The maximum absolute atomic E-state index is 11.9. The molecule has 0 radical (unpaired) electrons. The van der Waals surface area contributed by atoms with Crippen molar-refractivity contribution in [3.05, 3.63) is 0 Å². The molecule has 0 spiro atoms. The second-order valence-corrected chi connectivity index (χ2v) is 7.52. The molecule has 2 aliphatic rings. The Labute approximate surface area is 115 Å². The van der Waals surface area contributed by atoms with Crippen LogP contribution in [0.3, 0.4) is 0 Å². The summed E-state index contributed by atoms with van der Waals surface area (Å²) in [5, 5.41) is 0. The molecule has 6 heteroatoms. The van der Waals surface area contributed by atoms with Crippen molar-refractivity contribution < 1.29 is 17.9 Å². The van der Waals surface area contributed by atoms with E-state index in [0.717, 1.165) is 6.42 Å². The number of hydrogen-bond acceptors (Lipinski definition) is 4. The molecule has 1 N–H and O–H groups in total. The summed E-state index contributed by atoms with van der Waals surface area (Å²) in [5.74, 6) is 0.493. The van der Waals surface area contributed by atoms with Crippen LogP contribution in [0.5, 0.6) is 0 Å². The number of carbonyl (C=O) groups excluding carboxylic acids is 1. The summed E-state index contributed by atoms with van der Waals surface area (Å²) in [4.78, 5) is 11.9. The van der Waals surface area contributed by atoms with Crippen molar-refractivity contribution in [2.75, 3.05) is 19.5 Å². The Morgan fingerprint density at radius 3 is 2.58 bits per heavy atom. The standard InChI is InChI=1S/C13H23NO4S/c1-18-7-8-19(16,17)14-13(15)12-9-11(12)10-5-3-2-4-6-10/h10-12H,2-9H2,1H3,(H,14,15)/t11-,12+/m0/s1. The summed E-state index contributed by atoms with van der Waals surface area (Å²) in [6.07, 6.45) is 7.06. The number of rotatable bonds is 6. The van der Waals surface area contributed by atoms with Crippen LogP contribution in [0, 0.1) is 17.8 Å². The minimum Gasteiger partial charge on any atom is -0.384 e. The van der Waals surface area contributed by atoms with Gasteiger partial charge in [0.25, 0.3) is 0 Å². The third kappa shape index (κ3) is 4.18.